The second-order valence-electron chi connectivity index (χ2n) is 9.63. The fraction of sp³-hybridized carbons (Fsp3) is 0.857. The molecule has 2 fully saturated rings. The van der Waals surface area contributed by atoms with Gasteiger partial charge in [-0.2, -0.15) is 0 Å². The molecule has 0 aliphatic heterocycles. The van der Waals surface area contributed by atoms with Crippen molar-refractivity contribution < 1.29 is 14.6 Å². The van der Waals surface area contributed by atoms with Crippen molar-refractivity contribution in [2.45, 2.75) is 91.3 Å². The molecule has 0 heterocycles. The van der Waals surface area contributed by atoms with E-state index in [-0.39, 0.29) is 22.9 Å². The first-order valence-electron chi connectivity index (χ1n) is 9.65. The Kier molecular flexibility index (Phi) is 4.39. The van der Waals surface area contributed by atoms with E-state index in [1.807, 2.05) is 6.92 Å². The van der Waals surface area contributed by atoms with Crippen molar-refractivity contribution in [1.82, 2.24) is 0 Å². The second kappa shape index (κ2) is 5.86. The minimum Gasteiger partial charge on any atom is -0.462 e. The van der Waals surface area contributed by atoms with Gasteiger partial charge in [-0.3, -0.25) is 4.79 Å². The van der Waals surface area contributed by atoms with Gasteiger partial charge in [-0.15, -0.1) is 0 Å². The van der Waals surface area contributed by atoms with E-state index in [9.17, 15) is 9.90 Å². The molecular weight excluding hydrogens is 300 g/mol. The van der Waals surface area contributed by atoms with Gasteiger partial charge in [0.1, 0.15) is 6.10 Å². The molecule has 0 saturated heterocycles. The monoisotopic (exact) mass is 334 g/mol. The number of fused-ring (bicyclic) bond motifs is 3. The van der Waals surface area contributed by atoms with Gasteiger partial charge in [-0.25, -0.2) is 0 Å². The molecule has 0 radical (unpaired) electrons. The average molecular weight is 335 g/mol. The lowest BCUT2D eigenvalue weighted by molar-refractivity contribution is -0.174. The van der Waals surface area contributed by atoms with E-state index in [0.717, 1.165) is 38.5 Å². The number of carbonyl (C=O) groups excluding carboxylic acids is 1. The van der Waals surface area contributed by atoms with Crippen molar-refractivity contribution in [1.29, 1.82) is 0 Å². The quantitative estimate of drug-likeness (QED) is 0.561. The van der Waals surface area contributed by atoms with E-state index in [2.05, 4.69) is 26.8 Å². The van der Waals surface area contributed by atoms with Crippen molar-refractivity contribution in [2.24, 2.45) is 22.7 Å². The summed E-state index contributed by atoms with van der Waals surface area (Å²) in [5, 5.41) is 10.5. The second-order valence-corrected chi connectivity index (χ2v) is 9.63. The summed E-state index contributed by atoms with van der Waals surface area (Å²) in [5.74, 6) is 0.981. The number of ether oxygens (including phenoxy) is 1. The maximum absolute atomic E-state index is 11.5. The zero-order valence-corrected chi connectivity index (χ0v) is 16.0. The van der Waals surface area contributed by atoms with Crippen molar-refractivity contribution >= 4 is 5.97 Å². The molecule has 1 N–H and O–H groups in total. The SMILES string of the molecule is CC(=O)O[C@@H]1CC[C@@]2(C)[C@@H]3CC[C@](C)(O)CC=C3CC[C@@H]2C1(C)C. The van der Waals surface area contributed by atoms with Crippen LogP contribution in [0.5, 0.6) is 0 Å². The molecule has 0 aromatic heterocycles. The third-order valence-electron chi connectivity index (χ3n) is 7.52. The van der Waals surface area contributed by atoms with Gasteiger partial charge in [0.25, 0.3) is 0 Å². The Morgan fingerprint density at radius 2 is 1.88 bits per heavy atom. The number of allylic oxidation sites excluding steroid dienone is 1. The van der Waals surface area contributed by atoms with Gasteiger partial charge in [0, 0.05) is 12.3 Å². The highest BCUT2D eigenvalue weighted by molar-refractivity contribution is 5.66. The number of esters is 1. The Hall–Kier alpha value is -0.830. The van der Waals surface area contributed by atoms with E-state index in [1.165, 1.54) is 13.3 Å². The van der Waals surface area contributed by atoms with Crippen molar-refractivity contribution in [2.75, 3.05) is 0 Å². The largest absolute Gasteiger partial charge is 0.462 e. The summed E-state index contributed by atoms with van der Waals surface area (Å²) in [5.41, 5.74) is 1.29. The van der Waals surface area contributed by atoms with Crippen molar-refractivity contribution in [3.63, 3.8) is 0 Å². The molecule has 136 valence electrons. The Morgan fingerprint density at radius 3 is 2.54 bits per heavy atom. The molecule has 0 unspecified atom stereocenters. The Bertz CT molecular complexity index is 545. The first-order chi connectivity index (χ1) is 11.1. The maximum Gasteiger partial charge on any atom is 0.302 e. The van der Waals surface area contributed by atoms with Gasteiger partial charge in [0.2, 0.25) is 0 Å². The fourth-order valence-electron chi connectivity index (χ4n) is 6.17. The first kappa shape index (κ1) is 18.0. The lowest BCUT2D eigenvalue weighted by Gasteiger charge is -2.60. The first-order valence-corrected chi connectivity index (χ1v) is 9.65. The van der Waals surface area contributed by atoms with Gasteiger partial charge < -0.3 is 9.84 Å². The zero-order valence-electron chi connectivity index (χ0n) is 16.0. The number of hydrogen-bond acceptors (Lipinski definition) is 3. The predicted molar refractivity (Wildman–Crippen MR) is 95.4 cm³/mol. The molecule has 2 saturated carbocycles. The Balaban J connectivity index is 1.90. The molecule has 3 aliphatic carbocycles. The van der Waals surface area contributed by atoms with Crippen LogP contribution in [0.15, 0.2) is 11.6 Å². The predicted octanol–water partition coefficient (Wildman–Crippen LogP) is 4.63. The molecule has 0 aromatic carbocycles. The summed E-state index contributed by atoms with van der Waals surface area (Å²) in [6, 6.07) is 0. The Labute approximate surface area is 146 Å². The highest BCUT2D eigenvalue weighted by atomic mass is 16.5. The lowest BCUT2D eigenvalue weighted by Crippen LogP contribution is -2.55. The number of carbonyl (C=O) groups is 1. The highest BCUT2D eigenvalue weighted by Gasteiger charge is 2.57. The molecular formula is C21H34O3. The van der Waals surface area contributed by atoms with E-state index < -0.39 is 5.60 Å². The molecule has 3 rings (SSSR count). The van der Waals surface area contributed by atoms with E-state index in [0.29, 0.717) is 11.8 Å². The molecule has 24 heavy (non-hydrogen) atoms. The van der Waals surface area contributed by atoms with Crippen LogP contribution in [-0.4, -0.2) is 22.8 Å². The standard InChI is InChI=1S/C21H34O3/c1-14(22)24-18-10-13-21(5)16-9-12-20(4,23)11-8-15(16)6-7-17(21)19(18,2)3/h8,16-18,23H,6-7,9-13H2,1-5H3/t16-,17-,18-,20-,21+/m1/s1. The van der Waals surface area contributed by atoms with Crippen LogP contribution in [-0.2, 0) is 9.53 Å². The van der Waals surface area contributed by atoms with Gasteiger partial charge in [0.15, 0.2) is 0 Å². The summed E-state index contributed by atoms with van der Waals surface area (Å²) in [6.45, 7) is 10.6. The molecule has 0 bridgehead atoms. The Morgan fingerprint density at radius 1 is 1.17 bits per heavy atom. The molecule has 0 aromatic rings. The van der Waals surface area contributed by atoms with Gasteiger partial charge in [-0.05, 0) is 69.1 Å². The van der Waals surface area contributed by atoms with Crippen LogP contribution in [0, 0.1) is 22.7 Å². The number of aliphatic hydroxyl groups is 1. The van der Waals surface area contributed by atoms with Crippen LogP contribution in [0.25, 0.3) is 0 Å². The third-order valence-corrected chi connectivity index (χ3v) is 7.52. The highest BCUT2D eigenvalue weighted by Crippen LogP contribution is 2.63. The van der Waals surface area contributed by atoms with Crippen LogP contribution in [0.2, 0.25) is 0 Å². The minimum atomic E-state index is -0.555. The van der Waals surface area contributed by atoms with Crippen molar-refractivity contribution in [3.8, 4) is 0 Å². The number of rotatable bonds is 1. The van der Waals surface area contributed by atoms with E-state index in [1.54, 1.807) is 5.57 Å². The summed E-state index contributed by atoms with van der Waals surface area (Å²) in [7, 11) is 0. The summed E-state index contributed by atoms with van der Waals surface area (Å²) >= 11 is 0. The molecule has 0 amide bonds. The van der Waals surface area contributed by atoms with Crippen LogP contribution >= 0.6 is 0 Å². The smallest absolute Gasteiger partial charge is 0.302 e. The maximum atomic E-state index is 11.5. The number of hydrogen-bond donors (Lipinski definition) is 1. The van der Waals surface area contributed by atoms with Gasteiger partial charge in [0.05, 0.1) is 5.60 Å². The summed E-state index contributed by atoms with van der Waals surface area (Å²) in [4.78, 5) is 11.5. The average Bonchev–Trinajstić information content (AvgIpc) is 2.61. The fourth-order valence-corrected chi connectivity index (χ4v) is 6.17. The molecule has 5 atom stereocenters. The zero-order chi connectivity index (χ0) is 17.8. The summed E-state index contributed by atoms with van der Waals surface area (Å²) < 4.78 is 5.70. The molecule has 3 aliphatic rings. The van der Waals surface area contributed by atoms with Crippen molar-refractivity contribution in [3.05, 3.63) is 11.6 Å². The van der Waals surface area contributed by atoms with E-state index >= 15 is 0 Å². The molecule has 3 heteroatoms. The van der Waals surface area contributed by atoms with Gasteiger partial charge >= 0.3 is 5.97 Å². The van der Waals surface area contributed by atoms with Gasteiger partial charge in [-0.1, -0.05) is 32.4 Å². The van der Waals surface area contributed by atoms with Crippen LogP contribution in [0.4, 0.5) is 0 Å². The molecule has 3 nitrogen and oxygen atoms in total. The topological polar surface area (TPSA) is 46.5 Å². The van der Waals surface area contributed by atoms with Crippen LogP contribution < -0.4 is 0 Å². The summed E-state index contributed by atoms with van der Waals surface area (Å²) in [6.07, 6.45) is 9.51. The normalized spacial score (nSPS) is 44.6. The lowest BCUT2D eigenvalue weighted by atomic mass is 9.46. The minimum absolute atomic E-state index is 0.0129. The molecule has 0 spiro atoms. The van der Waals surface area contributed by atoms with Crippen LogP contribution in [0.1, 0.15) is 79.6 Å². The third kappa shape index (κ3) is 2.94. The van der Waals surface area contributed by atoms with Crippen LogP contribution in [0.3, 0.4) is 0 Å². The van der Waals surface area contributed by atoms with E-state index in [4.69, 9.17) is 4.74 Å².